The summed E-state index contributed by atoms with van der Waals surface area (Å²) in [5, 5.41) is 13.8. The van der Waals surface area contributed by atoms with E-state index in [2.05, 4.69) is 5.32 Å². The number of thioether (sulfide) groups is 1. The Hall–Kier alpha value is -2.21. The summed E-state index contributed by atoms with van der Waals surface area (Å²) < 4.78 is 5.02. The van der Waals surface area contributed by atoms with Crippen LogP contribution in [0.2, 0.25) is 0 Å². The van der Waals surface area contributed by atoms with Crippen LogP contribution in [0.5, 0.6) is 0 Å². The Morgan fingerprint density at radius 3 is 2.85 bits per heavy atom. The van der Waals surface area contributed by atoms with E-state index in [-0.39, 0.29) is 5.88 Å². The number of hydrogen-bond donors (Lipinski definition) is 1. The molecule has 0 atom stereocenters. The zero-order chi connectivity index (χ0) is 14.4. The molecule has 0 saturated carbocycles. The number of nitrogens with one attached hydrogen (secondary N) is 1. The molecule has 5 nitrogen and oxygen atoms in total. The highest BCUT2D eigenvalue weighted by Gasteiger charge is 2.09. The van der Waals surface area contributed by atoms with Crippen LogP contribution in [0.3, 0.4) is 0 Å². The molecule has 2 aromatic rings. The first-order valence-electron chi connectivity index (χ1n) is 5.98. The average molecular weight is 290 g/mol. The summed E-state index contributed by atoms with van der Waals surface area (Å²) >= 11 is 1.68. The monoisotopic (exact) mass is 290 g/mol. The molecule has 0 spiro atoms. The van der Waals surface area contributed by atoms with Crippen LogP contribution in [-0.4, -0.2) is 17.7 Å². The number of anilines is 1. The van der Waals surface area contributed by atoms with Gasteiger partial charge in [-0.15, -0.1) is 11.8 Å². The van der Waals surface area contributed by atoms with Gasteiger partial charge in [0.2, 0.25) is 0 Å². The van der Waals surface area contributed by atoms with Crippen molar-refractivity contribution in [2.75, 3.05) is 18.1 Å². The van der Waals surface area contributed by atoms with Crippen LogP contribution < -0.4 is 5.32 Å². The Labute approximate surface area is 120 Å². The van der Waals surface area contributed by atoms with Crippen LogP contribution in [0.1, 0.15) is 5.76 Å². The Balaban J connectivity index is 1.91. The minimum absolute atomic E-state index is 0.245. The second kappa shape index (κ2) is 6.81. The largest absolute Gasteiger partial charge is 0.433 e. The number of benzene rings is 1. The summed E-state index contributed by atoms with van der Waals surface area (Å²) in [4.78, 5) is 11.1. The van der Waals surface area contributed by atoms with Gasteiger partial charge in [0.25, 0.3) is 0 Å². The van der Waals surface area contributed by atoms with Crippen molar-refractivity contribution < 1.29 is 9.34 Å². The summed E-state index contributed by atoms with van der Waals surface area (Å²) in [6, 6.07) is 10.9. The van der Waals surface area contributed by atoms with E-state index in [0.717, 1.165) is 5.69 Å². The molecule has 1 heterocycles. The molecule has 1 aromatic carbocycles. The van der Waals surface area contributed by atoms with Crippen LogP contribution in [-0.2, 0) is 0 Å². The molecule has 0 saturated heterocycles. The summed E-state index contributed by atoms with van der Waals surface area (Å²) in [5.41, 5.74) is 1.06. The fourth-order valence-corrected chi connectivity index (χ4v) is 2.24. The molecule has 104 valence electrons. The Kier molecular flexibility index (Phi) is 4.84. The molecule has 20 heavy (non-hydrogen) atoms. The molecule has 0 aliphatic heterocycles. The maximum absolute atomic E-state index is 10.5. The van der Waals surface area contributed by atoms with Crippen molar-refractivity contribution in [3.05, 3.63) is 58.3 Å². The van der Waals surface area contributed by atoms with Crippen LogP contribution in [0, 0.1) is 10.1 Å². The second-order valence-electron chi connectivity index (χ2n) is 3.92. The van der Waals surface area contributed by atoms with Crippen molar-refractivity contribution in [3.63, 3.8) is 0 Å². The van der Waals surface area contributed by atoms with Crippen molar-refractivity contribution in [2.24, 2.45) is 0 Å². The molecule has 0 unspecified atom stereocenters. The molecule has 0 fully saturated rings. The van der Waals surface area contributed by atoms with Crippen molar-refractivity contribution >= 4 is 29.4 Å². The van der Waals surface area contributed by atoms with E-state index in [1.165, 1.54) is 11.0 Å². The van der Waals surface area contributed by atoms with Gasteiger partial charge in [0.05, 0.1) is 6.07 Å². The van der Waals surface area contributed by atoms with Gasteiger partial charge in [0.15, 0.2) is 0 Å². The first kappa shape index (κ1) is 14.2. The van der Waals surface area contributed by atoms with E-state index in [9.17, 15) is 10.1 Å². The third kappa shape index (κ3) is 3.64. The first-order chi connectivity index (χ1) is 9.70. The predicted octanol–water partition coefficient (Wildman–Crippen LogP) is 4.04. The van der Waals surface area contributed by atoms with Gasteiger partial charge in [-0.05, 0) is 30.5 Å². The lowest BCUT2D eigenvalue weighted by molar-refractivity contribution is -0.402. The highest BCUT2D eigenvalue weighted by Crippen LogP contribution is 2.24. The molecule has 2 rings (SSSR count). The summed E-state index contributed by atoms with van der Waals surface area (Å²) in [7, 11) is 0. The van der Waals surface area contributed by atoms with E-state index >= 15 is 0 Å². The Bertz CT molecular complexity index is 622. The minimum Gasteiger partial charge on any atom is -0.401 e. The minimum atomic E-state index is -0.551. The number of furan rings is 1. The molecular weight excluding hydrogens is 276 g/mol. The number of nitro groups is 1. The van der Waals surface area contributed by atoms with Gasteiger partial charge in [0, 0.05) is 17.1 Å². The summed E-state index contributed by atoms with van der Waals surface area (Å²) in [6.45, 7) is 0.617. The van der Waals surface area contributed by atoms with E-state index in [0.29, 0.717) is 12.3 Å². The van der Waals surface area contributed by atoms with Crippen molar-refractivity contribution in [2.45, 2.75) is 4.90 Å². The lowest BCUT2D eigenvalue weighted by Gasteiger charge is -2.07. The standard InChI is InChI=1S/C14H14N2O3S/c1-20-13-7-3-2-6-12(13)15-10-4-5-11-8-9-14(19-11)16(17)18/h2-9,15H,10H2,1H3. The molecule has 0 aliphatic rings. The van der Waals surface area contributed by atoms with Gasteiger partial charge in [0.1, 0.15) is 10.7 Å². The zero-order valence-corrected chi connectivity index (χ0v) is 11.7. The van der Waals surface area contributed by atoms with Gasteiger partial charge in [-0.1, -0.05) is 18.2 Å². The molecule has 6 heteroatoms. The Morgan fingerprint density at radius 2 is 2.15 bits per heavy atom. The maximum Gasteiger partial charge on any atom is 0.433 e. The Morgan fingerprint density at radius 1 is 1.35 bits per heavy atom. The number of nitrogens with zero attached hydrogens (tertiary/aromatic N) is 1. The third-order valence-electron chi connectivity index (χ3n) is 2.59. The third-order valence-corrected chi connectivity index (χ3v) is 3.39. The lowest BCUT2D eigenvalue weighted by Crippen LogP contribution is -1.98. The van der Waals surface area contributed by atoms with Gasteiger partial charge in [-0.2, -0.15) is 0 Å². The fraction of sp³-hybridized carbons (Fsp3) is 0.143. The van der Waals surface area contributed by atoms with Crippen LogP contribution in [0.25, 0.3) is 6.08 Å². The van der Waals surface area contributed by atoms with Gasteiger partial charge >= 0.3 is 5.88 Å². The molecule has 0 aliphatic carbocycles. The molecule has 0 radical (unpaired) electrons. The van der Waals surface area contributed by atoms with E-state index in [4.69, 9.17) is 4.42 Å². The van der Waals surface area contributed by atoms with Crippen molar-refractivity contribution in [3.8, 4) is 0 Å². The summed E-state index contributed by atoms with van der Waals surface area (Å²) in [6.07, 6.45) is 5.60. The summed E-state index contributed by atoms with van der Waals surface area (Å²) in [5.74, 6) is 0.224. The molecule has 1 N–H and O–H groups in total. The van der Waals surface area contributed by atoms with Crippen molar-refractivity contribution in [1.82, 2.24) is 0 Å². The van der Waals surface area contributed by atoms with Gasteiger partial charge in [-0.3, -0.25) is 10.1 Å². The van der Waals surface area contributed by atoms with Crippen LogP contribution in [0.4, 0.5) is 11.6 Å². The average Bonchev–Trinajstić information content (AvgIpc) is 2.93. The number of hydrogen-bond acceptors (Lipinski definition) is 5. The van der Waals surface area contributed by atoms with Crippen LogP contribution >= 0.6 is 11.8 Å². The highest BCUT2D eigenvalue weighted by atomic mass is 32.2. The van der Waals surface area contributed by atoms with Crippen LogP contribution in [0.15, 0.2) is 51.8 Å². The highest BCUT2D eigenvalue weighted by molar-refractivity contribution is 7.98. The molecule has 0 amide bonds. The first-order valence-corrected chi connectivity index (χ1v) is 7.21. The lowest BCUT2D eigenvalue weighted by atomic mass is 10.3. The quantitative estimate of drug-likeness (QED) is 0.494. The number of rotatable bonds is 6. The molecule has 1 aromatic heterocycles. The second-order valence-corrected chi connectivity index (χ2v) is 4.76. The van der Waals surface area contributed by atoms with Gasteiger partial charge in [-0.25, -0.2) is 0 Å². The SMILES string of the molecule is CSc1ccccc1NCC=Cc1ccc([N+](=O)[O-])o1. The fourth-order valence-electron chi connectivity index (χ4n) is 1.66. The van der Waals surface area contributed by atoms with E-state index < -0.39 is 4.92 Å². The smallest absolute Gasteiger partial charge is 0.401 e. The topological polar surface area (TPSA) is 68.3 Å². The number of para-hydroxylation sites is 1. The van der Waals surface area contributed by atoms with E-state index in [1.54, 1.807) is 23.9 Å². The normalized spacial score (nSPS) is 10.8. The van der Waals surface area contributed by atoms with Crippen molar-refractivity contribution in [1.29, 1.82) is 0 Å². The maximum atomic E-state index is 10.5. The van der Waals surface area contributed by atoms with Gasteiger partial charge < -0.3 is 9.73 Å². The zero-order valence-electron chi connectivity index (χ0n) is 10.9. The molecular formula is C14H14N2O3S. The molecule has 0 bridgehead atoms. The predicted molar refractivity (Wildman–Crippen MR) is 81.1 cm³/mol. The van der Waals surface area contributed by atoms with E-state index in [1.807, 2.05) is 36.6 Å².